The third-order valence-corrected chi connectivity index (χ3v) is 4.45. The van der Waals surface area contributed by atoms with Gasteiger partial charge in [0.25, 0.3) is 11.8 Å². The van der Waals surface area contributed by atoms with Crippen LogP contribution in [0.1, 0.15) is 20.7 Å². The van der Waals surface area contributed by atoms with Gasteiger partial charge in [0.05, 0.1) is 18.8 Å². The van der Waals surface area contributed by atoms with Crippen LogP contribution in [-0.4, -0.2) is 48.0 Å². The molecular weight excluding hydrogens is 410 g/mol. The van der Waals surface area contributed by atoms with Crippen molar-refractivity contribution in [3.63, 3.8) is 0 Å². The fourth-order valence-electron chi connectivity index (χ4n) is 2.46. The predicted octanol–water partition coefficient (Wildman–Crippen LogP) is 3.22. The molecule has 130 valence electrons. The summed E-state index contributed by atoms with van der Waals surface area (Å²) in [5, 5.41) is 2.86. The summed E-state index contributed by atoms with van der Waals surface area (Å²) in [6.07, 6.45) is 1.51. The molecule has 25 heavy (non-hydrogen) atoms. The highest BCUT2D eigenvalue weighted by Crippen LogP contribution is 2.20. The molecule has 0 atom stereocenters. The van der Waals surface area contributed by atoms with E-state index in [1.807, 2.05) is 0 Å². The molecule has 2 heterocycles. The SMILES string of the molecule is O=C(Nc1cccc(C(=O)N2CCOCC2)c1)c1cc(Br)cnc1Cl. The van der Waals surface area contributed by atoms with Crippen molar-refractivity contribution in [3.05, 3.63) is 57.3 Å². The highest BCUT2D eigenvalue weighted by molar-refractivity contribution is 9.10. The quantitative estimate of drug-likeness (QED) is 0.768. The van der Waals surface area contributed by atoms with Gasteiger partial charge in [0.15, 0.2) is 0 Å². The second-order valence-electron chi connectivity index (χ2n) is 5.43. The van der Waals surface area contributed by atoms with E-state index in [0.717, 1.165) is 0 Å². The van der Waals surface area contributed by atoms with Crippen LogP contribution in [-0.2, 0) is 4.74 Å². The minimum absolute atomic E-state index is 0.0819. The first kappa shape index (κ1) is 17.8. The molecule has 0 saturated carbocycles. The van der Waals surface area contributed by atoms with Crippen molar-refractivity contribution in [1.29, 1.82) is 0 Å². The van der Waals surface area contributed by atoms with Crippen LogP contribution < -0.4 is 5.32 Å². The Morgan fingerprint density at radius 1 is 1.24 bits per heavy atom. The summed E-state index contributed by atoms with van der Waals surface area (Å²) in [7, 11) is 0. The van der Waals surface area contributed by atoms with Crippen molar-refractivity contribution in [2.24, 2.45) is 0 Å². The second-order valence-corrected chi connectivity index (χ2v) is 6.71. The fraction of sp³-hybridized carbons (Fsp3) is 0.235. The lowest BCUT2D eigenvalue weighted by Gasteiger charge is -2.27. The smallest absolute Gasteiger partial charge is 0.258 e. The van der Waals surface area contributed by atoms with Crippen LogP contribution in [0.5, 0.6) is 0 Å². The molecule has 8 heteroatoms. The molecule has 0 bridgehead atoms. The van der Waals surface area contributed by atoms with Gasteiger partial charge in [-0.3, -0.25) is 9.59 Å². The summed E-state index contributed by atoms with van der Waals surface area (Å²) in [6.45, 7) is 2.20. The Labute approximate surface area is 158 Å². The lowest BCUT2D eigenvalue weighted by molar-refractivity contribution is 0.0303. The van der Waals surface area contributed by atoms with Gasteiger partial charge in [-0.25, -0.2) is 4.98 Å². The molecule has 1 aromatic carbocycles. The lowest BCUT2D eigenvalue weighted by atomic mass is 10.1. The van der Waals surface area contributed by atoms with E-state index < -0.39 is 5.91 Å². The molecule has 3 rings (SSSR count). The third kappa shape index (κ3) is 4.36. The van der Waals surface area contributed by atoms with E-state index in [1.54, 1.807) is 35.2 Å². The summed E-state index contributed by atoms with van der Waals surface area (Å²) in [5.74, 6) is -0.476. The molecule has 0 unspecified atom stereocenters. The molecule has 0 aliphatic carbocycles. The molecule has 0 spiro atoms. The summed E-state index contributed by atoms with van der Waals surface area (Å²) < 4.78 is 5.91. The van der Waals surface area contributed by atoms with E-state index in [4.69, 9.17) is 16.3 Å². The number of hydrogen-bond acceptors (Lipinski definition) is 4. The van der Waals surface area contributed by atoms with Crippen molar-refractivity contribution in [1.82, 2.24) is 9.88 Å². The molecule has 1 N–H and O–H groups in total. The molecule has 2 aromatic rings. The van der Waals surface area contributed by atoms with E-state index in [1.165, 1.54) is 6.20 Å². The molecule has 1 aromatic heterocycles. The standard InChI is InChI=1S/C17H15BrClN3O3/c18-12-9-14(15(19)20-10-12)16(23)21-13-3-1-2-11(8-13)17(24)22-4-6-25-7-5-22/h1-3,8-10H,4-7H2,(H,21,23). The minimum atomic E-state index is -0.394. The highest BCUT2D eigenvalue weighted by atomic mass is 79.9. The van der Waals surface area contributed by atoms with Crippen molar-refractivity contribution in [2.75, 3.05) is 31.6 Å². The molecule has 6 nitrogen and oxygen atoms in total. The number of pyridine rings is 1. The van der Waals surface area contributed by atoms with Gasteiger partial charge in [0.2, 0.25) is 0 Å². The van der Waals surface area contributed by atoms with Crippen molar-refractivity contribution < 1.29 is 14.3 Å². The van der Waals surface area contributed by atoms with Gasteiger partial charge in [-0.05, 0) is 40.2 Å². The molecule has 1 aliphatic heterocycles. The zero-order valence-electron chi connectivity index (χ0n) is 13.2. The number of morpholine rings is 1. The molecule has 1 fully saturated rings. The number of aromatic nitrogens is 1. The first-order chi connectivity index (χ1) is 12.0. The number of carbonyl (C=O) groups excluding carboxylic acids is 2. The summed E-state index contributed by atoms with van der Waals surface area (Å²) in [6, 6.07) is 8.40. The number of halogens is 2. The summed E-state index contributed by atoms with van der Waals surface area (Å²) >= 11 is 9.24. The van der Waals surface area contributed by atoms with Gasteiger partial charge in [0.1, 0.15) is 5.15 Å². The van der Waals surface area contributed by atoms with Gasteiger partial charge >= 0.3 is 0 Å². The van der Waals surface area contributed by atoms with Gasteiger partial charge in [-0.2, -0.15) is 0 Å². The van der Waals surface area contributed by atoms with Crippen LogP contribution in [0.25, 0.3) is 0 Å². The van der Waals surface area contributed by atoms with Crippen molar-refractivity contribution in [3.8, 4) is 0 Å². The summed E-state index contributed by atoms with van der Waals surface area (Å²) in [4.78, 5) is 30.6. The van der Waals surface area contributed by atoms with Crippen LogP contribution in [0, 0.1) is 0 Å². The number of rotatable bonds is 3. The van der Waals surface area contributed by atoms with E-state index in [-0.39, 0.29) is 16.6 Å². The van der Waals surface area contributed by atoms with Crippen LogP contribution in [0.3, 0.4) is 0 Å². The normalized spacial score (nSPS) is 14.2. The van der Waals surface area contributed by atoms with Crippen LogP contribution in [0.15, 0.2) is 41.0 Å². The average Bonchev–Trinajstić information content (AvgIpc) is 2.64. The van der Waals surface area contributed by atoms with Crippen LogP contribution in [0.2, 0.25) is 5.15 Å². The number of nitrogens with one attached hydrogen (secondary N) is 1. The van der Waals surface area contributed by atoms with Crippen LogP contribution >= 0.6 is 27.5 Å². The Hall–Kier alpha value is -1.96. The Kier molecular flexibility index (Phi) is 5.67. The Morgan fingerprint density at radius 2 is 2.00 bits per heavy atom. The number of nitrogens with zero attached hydrogens (tertiary/aromatic N) is 2. The zero-order chi connectivity index (χ0) is 17.8. The monoisotopic (exact) mass is 423 g/mol. The number of ether oxygens (including phenoxy) is 1. The zero-order valence-corrected chi connectivity index (χ0v) is 15.5. The largest absolute Gasteiger partial charge is 0.378 e. The molecular formula is C17H15BrClN3O3. The van der Waals surface area contributed by atoms with E-state index in [0.29, 0.717) is 42.0 Å². The Morgan fingerprint density at radius 3 is 2.76 bits per heavy atom. The lowest BCUT2D eigenvalue weighted by Crippen LogP contribution is -2.40. The van der Waals surface area contributed by atoms with Gasteiger partial charge in [-0.1, -0.05) is 17.7 Å². The maximum Gasteiger partial charge on any atom is 0.258 e. The molecule has 0 radical (unpaired) electrons. The number of benzene rings is 1. The second kappa shape index (κ2) is 7.95. The molecule has 2 amide bonds. The van der Waals surface area contributed by atoms with E-state index >= 15 is 0 Å². The number of anilines is 1. The van der Waals surface area contributed by atoms with Crippen molar-refractivity contribution >= 4 is 45.0 Å². The fourth-order valence-corrected chi connectivity index (χ4v) is 2.98. The topological polar surface area (TPSA) is 71.5 Å². The van der Waals surface area contributed by atoms with Gasteiger partial charge in [0, 0.05) is 35.0 Å². The summed E-state index contributed by atoms with van der Waals surface area (Å²) in [5.41, 5.74) is 1.28. The van der Waals surface area contributed by atoms with E-state index in [2.05, 4.69) is 26.2 Å². The number of carbonyl (C=O) groups is 2. The highest BCUT2D eigenvalue weighted by Gasteiger charge is 2.19. The Balaban J connectivity index is 1.76. The van der Waals surface area contributed by atoms with Gasteiger partial charge in [-0.15, -0.1) is 0 Å². The number of hydrogen-bond donors (Lipinski definition) is 1. The molecule has 1 saturated heterocycles. The maximum atomic E-state index is 12.5. The number of amides is 2. The van der Waals surface area contributed by atoms with E-state index in [9.17, 15) is 9.59 Å². The van der Waals surface area contributed by atoms with Gasteiger partial charge < -0.3 is 15.0 Å². The van der Waals surface area contributed by atoms with Crippen molar-refractivity contribution in [2.45, 2.75) is 0 Å². The molecule has 1 aliphatic rings. The average molecular weight is 425 g/mol. The maximum absolute atomic E-state index is 12.5. The Bertz CT molecular complexity index is 809. The first-order valence-corrected chi connectivity index (χ1v) is 8.81. The minimum Gasteiger partial charge on any atom is -0.378 e. The first-order valence-electron chi connectivity index (χ1n) is 7.64. The van der Waals surface area contributed by atoms with Crippen LogP contribution in [0.4, 0.5) is 5.69 Å². The third-order valence-electron chi connectivity index (χ3n) is 3.72. The predicted molar refractivity (Wildman–Crippen MR) is 98.1 cm³/mol.